The summed E-state index contributed by atoms with van der Waals surface area (Å²) in [5.41, 5.74) is 3.91. The zero-order valence-corrected chi connectivity index (χ0v) is 29.0. The summed E-state index contributed by atoms with van der Waals surface area (Å²) in [6, 6.07) is 22.4. The molecule has 13 heteroatoms. The fraction of sp³-hybridized carbons (Fsp3) is 0.216. The predicted octanol–water partition coefficient (Wildman–Crippen LogP) is 7.02. The molecule has 2 aromatic heterocycles. The number of hydrogen-bond acceptors (Lipinski definition) is 12. The lowest BCUT2D eigenvalue weighted by molar-refractivity contribution is 0.355. The standard InChI is InChI=1S/C37H37N5O8/c1-43-26-13-9-22(17-30(26)47-5)35-40-34-36(38-21-39-37(34)42(35)25-12-16-29(46-4)33(20-25)50-8)41(23-10-14-27(44-2)31(18-23)48-6)24-11-15-28(45-3)32(19-24)49-7/h9-21H,1-8H3. The Balaban J connectivity index is 1.68. The molecule has 0 aliphatic heterocycles. The second kappa shape index (κ2) is 14.4. The molecule has 0 spiro atoms. The normalized spacial score (nSPS) is 10.8. The number of rotatable bonds is 13. The number of ether oxygens (including phenoxy) is 8. The second-order valence-corrected chi connectivity index (χ2v) is 10.7. The van der Waals surface area contributed by atoms with Crippen LogP contribution in [0.25, 0.3) is 28.2 Å². The van der Waals surface area contributed by atoms with E-state index < -0.39 is 0 Å². The molecule has 6 aromatic rings. The van der Waals surface area contributed by atoms with Crippen molar-refractivity contribution in [2.24, 2.45) is 0 Å². The summed E-state index contributed by atoms with van der Waals surface area (Å²) in [6.07, 6.45) is 1.50. The van der Waals surface area contributed by atoms with Gasteiger partial charge in [0.05, 0.1) is 73.9 Å². The molecule has 0 atom stereocenters. The molecule has 2 heterocycles. The lowest BCUT2D eigenvalue weighted by Gasteiger charge is -2.25. The van der Waals surface area contributed by atoms with Crippen molar-refractivity contribution in [3.63, 3.8) is 0 Å². The number of fused-ring (bicyclic) bond motifs is 1. The van der Waals surface area contributed by atoms with E-state index in [0.29, 0.717) is 80.2 Å². The average Bonchev–Trinajstić information content (AvgIpc) is 3.57. The fourth-order valence-corrected chi connectivity index (χ4v) is 5.74. The molecule has 0 fully saturated rings. The first-order chi connectivity index (χ1) is 24.4. The zero-order chi connectivity index (χ0) is 35.4. The first-order valence-corrected chi connectivity index (χ1v) is 15.4. The molecule has 50 heavy (non-hydrogen) atoms. The van der Waals surface area contributed by atoms with Gasteiger partial charge in [0.2, 0.25) is 0 Å². The van der Waals surface area contributed by atoms with Crippen molar-refractivity contribution in [1.82, 2.24) is 19.5 Å². The molecular weight excluding hydrogens is 642 g/mol. The van der Waals surface area contributed by atoms with E-state index >= 15 is 0 Å². The summed E-state index contributed by atoms with van der Waals surface area (Å²) in [6.45, 7) is 0. The van der Waals surface area contributed by atoms with E-state index in [9.17, 15) is 0 Å². The molecule has 0 amide bonds. The van der Waals surface area contributed by atoms with Crippen molar-refractivity contribution in [2.75, 3.05) is 61.8 Å². The van der Waals surface area contributed by atoms with E-state index in [1.165, 1.54) is 6.33 Å². The van der Waals surface area contributed by atoms with Gasteiger partial charge in [-0.1, -0.05) is 0 Å². The van der Waals surface area contributed by atoms with Crippen LogP contribution in [0.5, 0.6) is 46.0 Å². The minimum Gasteiger partial charge on any atom is -0.493 e. The molecular formula is C37H37N5O8. The first-order valence-electron chi connectivity index (χ1n) is 15.4. The predicted molar refractivity (Wildman–Crippen MR) is 189 cm³/mol. The largest absolute Gasteiger partial charge is 0.493 e. The lowest BCUT2D eigenvalue weighted by atomic mass is 10.1. The van der Waals surface area contributed by atoms with E-state index in [1.54, 1.807) is 56.9 Å². The van der Waals surface area contributed by atoms with Gasteiger partial charge in [-0.2, -0.15) is 0 Å². The van der Waals surface area contributed by atoms with Crippen LogP contribution in [0.15, 0.2) is 79.1 Å². The van der Waals surface area contributed by atoms with Crippen LogP contribution < -0.4 is 42.8 Å². The SMILES string of the molecule is COc1ccc(-c2nc3c(N(c4ccc(OC)c(OC)c4)c4ccc(OC)c(OC)c4)ncnc3n2-c2ccc(OC)c(OC)c2)cc1OC. The van der Waals surface area contributed by atoms with Gasteiger partial charge >= 0.3 is 0 Å². The van der Waals surface area contributed by atoms with Gasteiger partial charge in [0.1, 0.15) is 12.2 Å². The fourth-order valence-electron chi connectivity index (χ4n) is 5.74. The number of aromatic nitrogens is 4. The third-order valence-electron chi connectivity index (χ3n) is 8.15. The van der Waals surface area contributed by atoms with Crippen molar-refractivity contribution in [1.29, 1.82) is 0 Å². The van der Waals surface area contributed by atoms with E-state index in [0.717, 1.165) is 11.3 Å². The van der Waals surface area contributed by atoms with Gasteiger partial charge in [0.25, 0.3) is 0 Å². The number of imidazole rings is 1. The first kappa shape index (κ1) is 33.5. The van der Waals surface area contributed by atoms with E-state index in [-0.39, 0.29) is 0 Å². The molecule has 0 radical (unpaired) electrons. The van der Waals surface area contributed by atoms with Gasteiger partial charge < -0.3 is 37.9 Å². The highest BCUT2D eigenvalue weighted by Crippen LogP contribution is 2.44. The van der Waals surface area contributed by atoms with Gasteiger partial charge in [-0.05, 0) is 54.6 Å². The van der Waals surface area contributed by atoms with Crippen LogP contribution in [-0.4, -0.2) is 76.4 Å². The topological polar surface area (TPSA) is 121 Å². The Morgan fingerprint density at radius 1 is 0.480 bits per heavy atom. The maximum absolute atomic E-state index is 5.69. The third-order valence-corrected chi connectivity index (χ3v) is 8.15. The van der Waals surface area contributed by atoms with Crippen molar-refractivity contribution < 1.29 is 37.9 Å². The van der Waals surface area contributed by atoms with Gasteiger partial charge in [0, 0.05) is 23.8 Å². The van der Waals surface area contributed by atoms with Crippen LogP contribution in [0, 0.1) is 0 Å². The summed E-state index contributed by atoms with van der Waals surface area (Å²) in [5.74, 6) is 5.50. The number of benzene rings is 4. The minimum absolute atomic E-state index is 0.482. The van der Waals surface area contributed by atoms with Crippen LogP contribution in [0.3, 0.4) is 0 Å². The van der Waals surface area contributed by atoms with Crippen LogP contribution >= 0.6 is 0 Å². The molecule has 0 saturated carbocycles. The summed E-state index contributed by atoms with van der Waals surface area (Å²) in [4.78, 5) is 16.8. The summed E-state index contributed by atoms with van der Waals surface area (Å²) < 4.78 is 46.8. The number of methoxy groups -OCH3 is 8. The lowest BCUT2D eigenvalue weighted by Crippen LogP contribution is -2.13. The average molecular weight is 680 g/mol. The Morgan fingerprint density at radius 3 is 1.46 bits per heavy atom. The number of nitrogens with zero attached hydrogens (tertiary/aromatic N) is 5. The summed E-state index contributed by atoms with van der Waals surface area (Å²) in [5, 5.41) is 0. The molecule has 0 aliphatic carbocycles. The Kier molecular flexibility index (Phi) is 9.66. The van der Waals surface area contributed by atoms with E-state index in [2.05, 4.69) is 0 Å². The van der Waals surface area contributed by atoms with Gasteiger partial charge in [-0.3, -0.25) is 9.47 Å². The van der Waals surface area contributed by atoms with Crippen LogP contribution in [0.2, 0.25) is 0 Å². The Hall–Kier alpha value is -6.37. The molecule has 0 bridgehead atoms. The Morgan fingerprint density at radius 2 is 0.940 bits per heavy atom. The smallest absolute Gasteiger partial charge is 0.170 e. The minimum atomic E-state index is 0.482. The summed E-state index contributed by atoms with van der Waals surface area (Å²) in [7, 11) is 12.7. The monoisotopic (exact) mass is 679 g/mol. The molecule has 0 unspecified atom stereocenters. The highest BCUT2D eigenvalue weighted by molar-refractivity contribution is 5.94. The van der Waals surface area contributed by atoms with E-state index in [1.807, 2.05) is 82.3 Å². The van der Waals surface area contributed by atoms with Crippen molar-refractivity contribution in [3.8, 4) is 63.1 Å². The molecule has 4 aromatic carbocycles. The summed E-state index contributed by atoms with van der Waals surface area (Å²) >= 11 is 0. The third kappa shape index (κ3) is 5.93. The van der Waals surface area contributed by atoms with Gasteiger partial charge in [-0.25, -0.2) is 15.0 Å². The highest BCUT2D eigenvalue weighted by Gasteiger charge is 2.26. The van der Waals surface area contributed by atoms with E-state index in [4.69, 9.17) is 52.8 Å². The van der Waals surface area contributed by atoms with Gasteiger partial charge in [-0.15, -0.1) is 0 Å². The second-order valence-electron chi connectivity index (χ2n) is 10.7. The van der Waals surface area contributed by atoms with Crippen molar-refractivity contribution >= 4 is 28.4 Å². The molecule has 6 rings (SSSR count). The number of anilines is 3. The molecule has 13 nitrogen and oxygen atoms in total. The van der Waals surface area contributed by atoms with Crippen LogP contribution in [-0.2, 0) is 0 Å². The number of hydrogen-bond donors (Lipinski definition) is 0. The Bertz CT molecular complexity index is 2100. The molecule has 0 aliphatic rings. The van der Waals surface area contributed by atoms with Gasteiger partial charge in [0.15, 0.2) is 63.0 Å². The van der Waals surface area contributed by atoms with Crippen LogP contribution in [0.1, 0.15) is 0 Å². The van der Waals surface area contributed by atoms with Crippen molar-refractivity contribution in [3.05, 3.63) is 79.1 Å². The van der Waals surface area contributed by atoms with Crippen molar-refractivity contribution in [2.45, 2.75) is 0 Å². The molecule has 0 N–H and O–H groups in total. The zero-order valence-electron chi connectivity index (χ0n) is 29.0. The Labute approximate surface area is 289 Å². The molecule has 0 saturated heterocycles. The quantitative estimate of drug-likeness (QED) is 0.125. The maximum Gasteiger partial charge on any atom is 0.170 e. The highest BCUT2D eigenvalue weighted by atomic mass is 16.5. The van der Waals surface area contributed by atoms with Crippen LogP contribution in [0.4, 0.5) is 17.2 Å². The molecule has 258 valence electrons. The maximum atomic E-state index is 5.69.